The number of hydrogen-bond acceptors (Lipinski definition) is 5. The number of nitrogens with zero attached hydrogens (tertiary/aromatic N) is 7. The molecule has 16 rings (SSSR count). The first-order valence-electron chi connectivity index (χ1n) is 28.0. The smallest absolute Gasteiger partial charge is 0.220 e. The molecule has 8 nitrogen and oxygen atoms in total. The van der Waals surface area contributed by atoms with E-state index in [9.17, 15) is 5.26 Å². The number of benzene rings is 12. The lowest BCUT2D eigenvalue weighted by Gasteiger charge is -2.25. The fraction of sp³-hybridized carbons (Fsp3) is 0.0133. The summed E-state index contributed by atoms with van der Waals surface area (Å²) in [5.41, 5.74) is 30.2. The van der Waals surface area contributed by atoms with Crippen molar-refractivity contribution >= 4 is 78.1 Å². The Kier molecular flexibility index (Phi) is 11.0. The molecule has 3 aromatic heterocycles. The molecule has 1 aliphatic heterocycles. The zero-order valence-electron chi connectivity index (χ0n) is 45.0. The third-order valence-corrected chi connectivity index (χ3v) is 16.7. The van der Waals surface area contributed by atoms with Crippen molar-refractivity contribution < 1.29 is 0 Å². The molecule has 0 saturated carbocycles. The second kappa shape index (κ2) is 19.2. The second-order valence-electron chi connectivity index (χ2n) is 21.3. The van der Waals surface area contributed by atoms with Gasteiger partial charge in [-0.3, -0.25) is 8.97 Å². The minimum atomic E-state index is 0.528. The largest absolute Gasteiger partial charge is 0.397 e. The van der Waals surface area contributed by atoms with Crippen molar-refractivity contribution in [2.75, 3.05) is 22.2 Å². The molecule has 0 aliphatic carbocycles. The fourth-order valence-corrected chi connectivity index (χ4v) is 12.8. The Morgan fingerprint density at radius 2 is 0.904 bits per heavy atom. The lowest BCUT2D eigenvalue weighted by atomic mass is 9.85. The van der Waals surface area contributed by atoms with Crippen LogP contribution in [0.2, 0.25) is 0 Å². The van der Waals surface area contributed by atoms with Gasteiger partial charge in [0, 0.05) is 33.3 Å². The monoisotopic (exact) mass is 1060 g/mol. The first-order chi connectivity index (χ1) is 41.1. The van der Waals surface area contributed by atoms with Crippen LogP contribution in [0.3, 0.4) is 0 Å². The van der Waals surface area contributed by atoms with Crippen LogP contribution in [0, 0.1) is 11.3 Å². The maximum atomic E-state index is 12.2. The zero-order valence-corrected chi connectivity index (χ0v) is 45.0. The Bertz CT molecular complexity index is 5020. The zero-order chi connectivity index (χ0) is 55.1. The fourth-order valence-electron chi connectivity index (χ4n) is 12.8. The van der Waals surface area contributed by atoms with Crippen LogP contribution < -0.4 is 15.5 Å². The Labute approximate surface area is 479 Å². The molecule has 0 radical (unpaired) electrons. The summed E-state index contributed by atoms with van der Waals surface area (Å²) >= 11 is 0. The van der Waals surface area contributed by atoms with Gasteiger partial charge in [0.2, 0.25) is 5.78 Å². The molecule has 12 aromatic carbocycles. The van der Waals surface area contributed by atoms with Crippen molar-refractivity contribution in [1.82, 2.24) is 18.5 Å². The van der Waals surface area contributed by atoms with Gasteiger partial charge < -0.3 is 20.1 Å². The number of hydrogen-bond donors (Lipinski definition) is 1. The van der Waals surface area contributed by atoms with Gasteiger partial charge in [-0.15, -0.1) is 0 Å². The molecule has 0 atom stereocenters. The first-order valence-corrected chi connectivity index (χ1v) is 28.0. The molecule has 4 heterocycles. The van der Waals surface area contributed by atoms with E-state index < -0.39 is 0 Å². The molecule has 0 fully saturated rings. The highest BCUT2D eigenvalue weighted by atomic mass is 15.4. The highest BCUT2D eigenvalue weighted by molar-refractivity contribution is 6.11. The van der Waals surface area contributed by atoms with Gasteiger partial charge in [0.25, 0.3) is 0 Å². The summed E-state index contributed by atoms with van der Waals surface area (Å²) in [6.07, 6.45) is 0. The van der Waals surface area contributed by atoms with E-state index in [1.807, 2.05) is 18.2 Å². The van der Waals surface area contributed by atoms with Crippen molar-refractivity contribution in [3.05, 3.63) is 285 Å². The number of rotatable bonds is 9. The van der Waals surface area contributed by atoms with Crippen LogP contribution in [0.1, 0.15) is 5.56 Å². The van der Waals surface area contributed by atoms with E-state index in [0.717, 1.165) is 139 Å². The van der Waals surface area contributed by atoms with E-state index >= 15 is 0 Å². The minimum absolute atomic E-state index is 0.528. The SMILES string of the molecule is N#Cc1c(-c2ccccc2)c(-c2ccc3nc4n(-c5ccccc5)c5ccc(-c6ccccc6)cc5n4c3c2)cc(-c2ccc(N)c(N3CN(c4ccccc4)c4ccc(-c5ccccc5)cc43)c2)c1-n1c2ccccc2c2ccccc21. The predicted molar refractivity (Wildman–Crippen MR) is 342 cm³/mol. The maximum absolute atomic E-state index is 12.2. The Hall–Kier alpha value is -11.4. The van der Waals surface area contributed by atoms with Crippen molar-refractivity contribution in [1.29, 1.82) is 5.26 Å². The van der Waals surface area contributed by atoms with Crippen molar-refractivity contribution in [2.24, 2.45) is 0 Å². The Morgan fingerprint density at radius 1 is 0.373 bits per heavy atom. The molecule has 390 valence electrons. The molecule has 0 unspecified atom stereocenters. The van der Waals surface area contributed by atoms with Crippen molar-refractivity contribution in [3.8, 4) is 73.1 Å². The molecule has 83 heavy (non-hydrogen) atoms. The van der Waals surface area contributed by atoms with Gasteiger partial charge >= 0.3 is 0 Å². The first kappa shape index (κ1) is 47.6. The number of para-hydroxylation sites is 4. The van der Waals surface area contributed by atoms with Gasteiger partial charge in [-0.2, -0.15) is 5.26 Å². The van der Waals surface area contributed by atoms with Gasteiger partial charge in [0.1, 0.15) is 12.7 Å². The molecule has 15 aromatic rings. The number of nitriles is 1. The van der Waals surface area contributed by atoms with Gasteiger partial charge in [-0.05, 0) is 136 Å². The average Bonchev–Trinajstić information content (AvgIpc) is 4.33. The van der Waals surface area contributed by atoms with Crippen LogP contribution in [0.5, 0.6) is 0 Å². The van der Waals surface area contributed by atoms with Crippen LogP contribution in [0.15, 0.2) is 279 Å². The highest BCUT2D eigenvalue weighted by Gasteiger charge is 2.32. The quantitative estimate of drug-likeness (QED) is 0.146. The molecule has 0 saturated heterocycles. The summed E-state index contributed by atoms with van der Waals surface area (Å²) in [7, 11) is 0. The topological polar surface area (TPSA) is 83.4 Å². The molecular formula is C75H50N8. The number of anilines is 5. The van der Waals surface area contributed by atoms with E-state index in [-0.39, 0.29) is 0 Å². The molecule has 1 aliphatic rings. The summed E-state index contributed by atoms with van der Waals surface area (Å²) in [6.45, 7) is 0.528. The molecular weight excluding hydrogens is 1010 g/mol. The van der Waals surface area contributed by atoms with Crippen LogP contribution in [0.4, 0.5) is 28.4 Å². The van der Waals surface area contributed by atoms with Crippen LogP contribution >= 0.6 is 0 Å². The molecule has 0 spiro atoms. The van der Waals surface area contributed by atoms with E-state index in [4.69, 9.17) is 10.7 Å². The summed E-state index contributed by atoms with van der Waals surface area (Å²) < 4.78 is 6.87. The van der Waals surface area contributed by atoms with Crippen LogP contribution in [-0.4, -0.2) is 25.2 Å². The number of nitrogens with two attached hydrogens (primary N) is 1. The van der Waals surface area contributed by atoms with Gasteiger partial charge in [-0.1, -0.05) is 188 Å². The standard InChI is InChI=1S/C75H50N8/c76-47-62-73(51-24-10-3-11-25-51)60(54-35-39-64-70(45-54)83-72-43-53(50-22-8-2-9-23-50)37-41-68(72)81(75(83)78-64)57-28-14-5-15-29-57)46-61(74(62)82-65-32-18-16-30-58(65)59-31-17-19-33-66(59)82)55-34-38-63(77)69(44-55)80-48-79(56-26-12-4-13-27-56)67-40-36-52(42-71(67)80)49-20-6-1-7-21-49/h1-46H,48,77H2. The number of imidazole rings is 2. The molecule has 0 bridgehead atoms. The summed E-state index contributed by atoms with van der Waals surface area (Å²) in [6, 6.07) is 101. The van der Waals surface area contributed by atoms with Crippen molar-refractivity contribution in [3.63, 3.8) is 0 Å². The third-order valence-electron chi connectivity index (χ3n) is 16.7. The average molecular weight is 1060 g/mol. The summed E-state index contributed by atoms with van der Waals surface area (Å²) in [4.78, 5) is 10.1. The third kappa shape index (κ3) is 7.64. The minimum Gasteiger partial charge on any atom is -0.397 e. The van der Waals surface area contributed by atoms with Gasteiger partial charge in [0.15, 0.2) is 0 Å². The predicted octanol–water partition coefficient (Wildman–Crippen LogP) is 18.6. The summed E-state index contributed by atoms with van der Waals surface area (Å²) in [5.74, 6) is 0.812. The van der Waals surface area contributed by atoms with E-state index in [1.54, 1.807) is 0 Å². The normalized spacial score (nSPS) is 12.3. The molecule has 2 N–H and O–H groups in total. The van der Waals surface area contributed by atoms with Crippen LogP contribution in [-0.2, 0) is 0 Å². The lowest BCUT2D eigenvalue weighted by molar-refractivity contribution is 0.992. The lowest BCUT2D eigenvalue weighted by Crippen LogP contribution is -2.24. The Morgan fingerprint density at radius 3 is 1.57 bits per heavy atom. The van der Waals surface area contributed by atoms with Gasteiger partial charge in [0.05, 0.1) is 67.1 Å². The van der Waals surface area contributed by atoms with E-state index in [2.05, 4.69) is 290 Å². The van der Waals surface area contributed by atoms with Crippen molar-refractivity contribution in [2.45, 2.75) is 0 Å². The Balaban J connectivity index is 0.980. The summed E-state index contributed by atoms with van der Waals surface area (Å²) in [5, 5.41) is 14.4. The van der Waals surface area contributed by atoms with Gasteiger partial charge in [-0.25, -0.2) is 4.98 Å². The number of fused-ring (bicyclic) bond motifs is 9. The van der Waals surface area contributed by atoms with Crippen LogP contribution in [0.25, 0.3) is 117 Å². The maximum Gasteiger partial charge on any atom is 0.220 e. The molecule has 8 heteroatoms. The van der Waals surface area contributed by atoms with E-state index in [0.29, 0.717) is 17.9 Å². The van der Waals surface area contributed by atoms with E-state index in [1.165, 1.54) is 0 Å². The highest BCUT2D eigenvalue weighted by Crippen LogP contribution is 2.51. The number of aromatic nitrogens is 4. The number of nitrogen functional groups attached to an aromatic ring is 1. The molecule has 0 amide bonds. The second-order valence-corrected chi connectivity index (χ2v) is 21.3.